The van der Waals surface area contributed by atoms with Crippen molar-refractivity contribution >= 4 is 35.0 Å². The number of nitrogens with one attached hydrogen (secondary N) is 1. The predicted molar refractivity (Wildman–Crippen MR) is 126 cm³/mol. The van der Waals surface area contributed by atoms with Crippen LogP contribution in [0, 0.1) is 13.8 Å². The molecule has 0 aromatic heterocycles. The number of ether oxygens (including phenoxy) is 1. The summed E-state index contributed by atoms with van der Waals surface area (Å²) in [7, 11) is 0. The molecule has 1 atom stereocenters. The van der Waals surface area contributed by atoms with Gasteiger partial charge in [0.05, 0.1) is 10.0 Å². The summed E-state index contributed by atoms with van der Waals surface area (Å²) < 4.78 is 5.83. The van der Waals surface area contributed by atoms with Gasteiger partial charge in [-0.3, -0.25) is 9.59 Å². The van der Waals surface area contributed by atoms with E-state index in [1.54, 1.807) is 23.1 Å². The van der Waals surface area contributed by atoms with E-state index in [4.69, 9.17) is 27.9 Å². The van der Waals surface area contributed by atoms with Gasteiger partial charge in [0.1, 0.15) is 11.8 Å². The third-order valence-electron chi connectivity index (χ3n) is 4.85. The number of amides is 2. The maximum absolute atomic E-state index is 13.2. The van der Waals surface area contributed by atoms with E-state index in [1.165, 1.54) is 0 Å². The molecule has 1 N–H and O–H groups in total. The summed E-state index contributed by atoms with van der Waals surface area (Å²) in [5.41, 5.74) is 2.77. The Labute approximate surface area is 194 Å². The number of rotatable bonds is 9. The van der Waals surface area contributed by atoms with Gasteiger partial charge in [0.2, 0.25) is 5.91 Å². The van der Waals surface area contributed by atoms with Crippen molar-refractivity contribution < 1.29 is 14.3 Å². The SMILES string of the molecule is CC[C@H](C(=O)NC(C)C)N(Cc1ccc(Cl)c(Cl)c1)C(=O)COc1cc(C)ccc1C. The summed E-state index contributed by atoms with van der Waals surface area (Å²) in [6.45, 7) is 9.60. The minimum atomic E-state index is -0.633. The summed E-state index contributed by atoms with van der Waals surface area (Å²) in [5, 5.41) is 3.74. The molecule has 168 valence electrons. The van der Waals surface area contributed by atoms with Crippen LogP contribution in [0.3, 0.4) is 0 Å². The van der Waals surface area contributed by atoms with Gasteiger partial charge in [-0.2, -0.15) is 0 Å². The maximum atomic E-state index is 13.2. The number of hydrogen-bond donors (Lipinski definition) is 1. The van der Waals surface area contributed by atoms with Gasteiger partial charge in [-0.25, -0.2) is 0 Å². The molecular weight excluding hydrogens is 435 g/mol. The average molecular weight is 465 g/mol. The van der Waals surface area contributed by atoms with Crippen LogP contribution < -0.4 is 10.1 Å². The molecule has 2 aromatic carbocycles. The smallest absolute Gasteiger partial charge is 0.261 e. The molecule has 0 aliphatic heterocycles. The Kier molecular flexibility index (Phi) is 9.20. The molecule has 0 fully saturated rings. The summed E-state index contributed by atoms with van der Waals surface area (Å²) in [6.07, 6.45) is 0.467. The van der Waals surface area contributed by atoms with Gasteiger partial charge in [-0.15, -0.1) is 0 Å². The minimum absolute atomic E-state index is 0.0327. The van der Waals surface area contributed by atoms with Crippen molar-refractivity contribution in [1.29, 1.82) is 0 Å². The zero-order valence-corrected chi connectivity index (χ0v) is 20.2. The van der Waals surface area contributed by atoms with Gasteiger partial charge in [-0.1, -0.05) is 48.3 Å². The molecule has 0 aliphatic carbocycles. The van der Waals surface area contributed by atoms with Crippen molar-refractivity contribution in [2.45, 2.75) is 59.7 Å². The molecule has 0 saturated carbocycles. The van der Waals surface area contributed by atoms with Gasteiger partial charge in [0, 0.05) is 12.6 Å². The van der Waals surface area contributed by atoms with E-state index in [2.05, 4.69) is 5.32 Å². The number of aryl methyl sites for hydroxylation is 2. The highest BCUT2D eigenvalue weighted by Crippen LogP contribution is 2.24. The Balaban J connectivity index is 2.27. The van der Waals surface area contributed by atoms with E-state index in [1.807, 2.05) is 52.8 Å². The normalized spacial score (nSPS) is 11.9. The number of carbonyl (C=O) groups excluding carboxylic acids is 2. The average Bonchev–Trinajstić information content (AvgIpc) is 2.70. The fourth-order valence-corrected chi connectivity index (χ4v) is 3.54. The molecule has 5 nitrogen and oxygen atoms in total. The number of hydrogen-bond acceptors (Lipinski definition) is 3. The first-order valence-electron chi connectivity index (χ1n) is 10.4. The van der Waals surface area contributed by atoms with E-state index < -0.39 is 6.04 Å². The van der Waals surface area contributed by atoms with Crippen LogP contribution in [-0.4, -0.2) is 35.4 Å². The Morgan fingerprint density at radius 2 is 1.77 bits per heavy atom. The molecule has 2 rings (SSSR count). The lowest BCUT2D eigenvalue weighted by molar-refractivity contribution is -0.143. The summed E-state index contributed by atoms with van der Waals surface area (Å²) in [6, 6.07) is 10.4. The summed E-state index contributed by atoms with van der Waals surface area (Å²) in [4.78, 5) is 27.6. The quantitative estimate of drug-likeness (QED) is 0.545. The van der Waals surface area contributed by atoms with Crippen molar-refractivity contribution in [2.75, 3.05) is 6.61 Å². The van der Waals surface area contributed by atoms with E-state index in [-0.39, 0.29) is 31.0 Å². The van der Waals surface area contributed by atoms with Crippen LogP contribution in [0.5, 0.6) is 5.75 Å². The Morgan fingerprint density at radius 3 is 2.39 bits per heavy atom. The highest BCUT2D eigenvalue weighted by molar-refractivity contribution is 6.42. The van der Waals surface area contributed by atoms with Crippen molar-refractivity contribution in [2.24, 2.45) is 0 Å². The Bertz CT molecular complexity index is 931. The third kappa shape index (κ3) is 7.15. The second-order valence-corrected chi connectivity index (χ2v) is 8.73. The molecule has 0 saturated heterocycles. The maximum Gasteiger partial charge on any atom is 0.261 e. The van der Waals surface area contributed by atoms with Crippen molar-refractivity contribution in [3.05, 3.63) is 63.1 Å². The molecule has 31 heavy (non-hydrogen) atoms. The fraction of sp³-hybridized carbons (Fsp3) is 0.417. The largest absolute Gasteiger partial charge is 0.483 e. The van der Waals surface area contributed by atoms with Crippen LogP contribution in [0.15, 0.2) is 36.4 Å². The second-order valence-electron chi connectivity index (χ2n) is 7.92. The first-order chi connectivity index (χ1) is 14.6. The first-order valence-corrected chi connectivity index (χ1v) is 11.1. The molecule has 0 unspecified atom stereocenters. The fourth-order valence-electron chi connectivity index (χ4n) is 3.22. The number of carbonyl (C=O) groups is 2. The van der Waals surface area contributed by atoms with E-state index >= 15 is 0 Å². The highest BCUT2D eigenvalue weighted by Gasteiger charge is 2.29. The van der Waals surface area contributed by atoms with Crippen LogP contribution in [0.25, 0.3) is 0 Å². The molecule has 2 aromatic rings. The topological polar surface area (TPSA) is 58.6 Å². The Hall–Kier alpha value is -2.24. The van der Waals surface area contributed by atoms with Crippen LogP contribution >= 0.6 is 23.2 Å². The van der Waals surface area contributed by atoms with Gasteiger partial charge in [0.15, 0.2) is 6.61 Å². The zero-order valence-electron chi connectivity index (χ0n) is 18.7. The van der Waals surface area contributed by atoms with E-state index in [0.29, 0.717) is 22.2 Å². The summed E-state index contributed by atoms with van der Waals surface area (Å²) >= 11 is 12.2. The highest BCUT2D eigenvalue weighted by atomic mass is 35.5. The standard InChI is InChI=1S/C24H30Cl2N2O3/c1-6-21(24(30)27-15(2)3)28(13-18-9-10-19(25)20(26)12-18)23(29)14-31-22-11-16(4)7-8-17(22)5/h7-12,15,21H,6,13-14H2,1-5H3,(H,27,30)/t21-/m1/s1. The molecule has 0 radical (unpaired) electrons. The third-order valence-corrected chi connectivity index (χ3v) is 5.59. The predicted octanol–water partition coefficient (Wildman–Crippen LogP) is 5.32. The lowest BCUT2D eigenvalue weighted by Crippen LogP contribution is -2.51. The monoisotopic (exact) mass is 464 g/mol. The van der Waals surface area contributed by atoms with Crippen molar-refractivity contribution in [3.8, 4) is 5.75 Å². The number of benzene rings is 2. The lowest BCUT2D eigenvalue weighted by Gasteiger charge is -2.31. The number of halogens is 2. The van der Waals surface area contributed by atoms with Crippen LogP contribution in [-0.2, 0) is 16.1 Å². The molecule has 7 heteroatoms. The molecule has 0 heterocycles. The second kappa shape index (κ2) is 11.4. The lowest BCUT2D eigenvalue weighted by atomic mass is 10.1. The molecule has 0 aliphatic rings. The first kappa shape index (κ1) is 25.0. The zero-order chi connectivity index (χ0) is 23.1. The molecule has 0 bridgehead atoms. The van der Waals surface area contributed by atoms with Gasteiger partial charge >= 0.3 is 0 Å². The van der Waals surface area contributed by atoms with Crippen molar-refractivity contribution in [1.82, 2.24) is 10.2 Å². The molecule has 0 spiro atoms. The molecule has 2 amide bonds. The summed E-state index contributed by atoms with van der Waals surface area (Å²) in [5.74, 6) is 0.179. The van der Waals surface area contributed by atoms with Gasteiger partial charge in [-0.05, 0) is 69.0 Å². The van der Waals surface area contributed by atoms with Gasteiger partial charge < -0.3 is 15.0 Å². The van der Waals surface area contributed by atoms with Crippen molar-refractivity contribution in [3.63, 3.8) is 0 Å². The van der Waals surface area contributed by atoms with Crippen LogP contribution in [0.4, 0.5) is 0 Å². The van der Waals surface area contributed by atoms with Crippen LogP contribution in [0.1, 0.15) is 43.9 Å². The number of nitrogens with zero attached hydrogens (tertiary/aromatic N) is 1. The molecular formula is C24H30Cl2N2O3. The van der Waals surface area contributed by atoms with E-state index in [9.17, 15) is 9.59 Å². The van der Waals surface area contributed by atoms with Gasteiger partial charge in [0.25, 0.3) is 5.91 Å². The minimum Gasteiger partial charge on any atom is -0.483 e. The van der Waals surface area contributed by atoms with Crippen LogP contribution in [0.2, 0.25) is 10.0 Å². The Morgan fingerprint density at radius 1 is 1.06 bits per heavy atom. The van der Waals surface area contributed by atoms with E-state index in [0.717, 1.165) is 16.7 Å².